The van der Waals surface area contributed by atoms with Crippen molar-refractivity contribution < 1.29 is 14.3 Å². The maximum Gasteiger partial charge on any atom is 0.253 e. The molecular formula is C22H22FN3O2. The number of likely N-dealkylation sites (tertiary alicyclic amines) is 1. The first-order chi connectivity index (χ1) is 13.6. The molecule has 0 bridgehead atoms. The second kappa shape index (κ2) is 7.84. The number of phenolic OH excluding ortho intramolecular Hbond substituents is 1. The summed E-state index contributed by atoms with van der Waals surface area (Å²) < 4.78 is 15.7. The van der Waals surface area contributed by atoms with Crippen molar-refractivity contribution >= 4 is 5.91 Å². The van der Waals surface area contributed by atoms with Gasteiger partial charge in [0.05, 0.1) is 6.33 Å². The van der Waals surface area contributed by atoms with Crippen molar-refractivity contribution in [2.75, 3.05) is 13.1 Å². The van der Waals surface area contributed by atoms with Gasteiger partial charge in [0, 0.05) is 43.2 Å². The van der Waals surface area contributed by atoms with Crippen molar-refractivity contribution in [2.45, 2.75) is 19.4 Å². The van der Waals surface area contributed by atoms with Crippen LogP contribution in [0.2, 0.25) is 0 Å². The molecular weight excluding hydrogens is 357 g/mol. The molecule has 3 aromatic rings. The highest BCUT2D eigenvalue weighted by atomic mass is 19.1. The summed E-state index contributed by atoms with van der Waals surface area (Å²) in [5, 5.41) is 10.0. The SMILES string of the molecule is O=C(c1cccc(-c2cccc(F)c2O)c1)N1CCC[C@H](Cn2ccnc2)C1. The minimum atomic E-state index is -0.674. The molecule has 1 aliphatic heterocycles. The lowest BCUT2D eigenvalue weighted by Gasteiger charge is -2.33. The third-order valence-electron chi connectivity index (χ3n) is 5.24. The molecule has 0 unspecified atom stereocenters. The lowest BCUT2D eigenvalue weighted by Crippen LogP contribution is -2.41. The summed E-state index contributed by atoms with van der Waals surface area (Å²) in [6.45, 7) is 2.28. The molecule has 6 heteroatoms. The van der Waals surface area contributed by atoms with Gasteiger partial charge < -0.3 is 14.6 Å². The zero-order valence-corrected chi connectivity index (χ0v) is 15.5. The number of hydrogen-bond donors (Lipinski definition) is 1. The predicted octanol–water partition coefficient (Wildman–Crippen LogP) is 3.95. The van der Waals surface area contributed by atoms with Crippen LogP contribution in [0, 0.1) is 11.7 Å². The van der Waals surface area contributed by atoms with E-state index in [0.29, 0.717) is 29.2 Å². The van der Waals surface area contributed by atoms with Gasteiger partial charge in [0.2, 0.25) is 0 Å². The van der Waals surface area contributed by atoms with Gasteiger partial charge in [0.1, 0.15) is 0 Å². The number of phenols is 1. The normalized spacial score (nSPS) is 16.9. The van der Waals surface area contributed by atoms with Crippen molar-refractivity contribution in [2.24, 2.45) is 5.92 Å². The molecule has 1 aromatic heterocycles. The third kappa shape index (κ3) is 3.76. The predicted molar refractivity (Wildman–Crippen MR) is 104 cm³/mol. The van der Waals surface area contributed by atoms with Gasteiger partial charge in [-0.1, -0.05) is 24.3 Å². The van der Waals surface area contributed by atoms with Crippen LogP contribution in [0.1, 0.15) is 23.2 Å². The Morgan fingerprint density at radius 3 is 2.93 bits per heavy atom. The van der Waals surface area contributed by atoms with E-state index in [1.165, 1.54) is 6.07 Å². The molecule has 1 saturated heterocycles. The molecule has 4 rings (SSSR count). The molecule has 0 aliphatic carbocycles. The van der Waals surface area contributed by atoms with Crippen LogP contribution in [0.25, 0.3) is 11.1 Å². The first-order valence-corrected chi connectivity index (χ1v) is 9.45. The van der Waals surface area contributed by atoms with Gasteiger partial charge in [-0.15, -0.1) is 0 Å². The van der Waals surface area contributed by atoms with E-state index in [9.17, 15) is 14.3 Å². The first-order valence-electron chi connectivity index (χ1n) is 9.45. The zero-order valence-electron chi connectivity index (χ0n) is 15.5. The number of aromatic nitrogens is 2. The van der Waals surface area contributed by atoms with Crippen molar-refractivity contribution in [3.05, 3.63) is 72.6 Å². The molecule has 1 amide bonds. The highest BCUT2D eigenvalue weighted by Crippen LogP contribution is 2.32. The van der Waals surface area contributed by atoms with E-state index in [-0.39, 0.29) is 5.91 Å². The Balaban J connectivity index is 1.52. The highest BCUT2D eigenvalue weighted by molar-refractivity contribution is 5.95. The minimum absolute atomic E-state index is 0.0342. The van der Waals surface area contributed by atoms with E-state index in [2.05, 4.69) is 4.98 Å². The average Bonchev–Trinajstić information content (AvgIpc) is 3.23. The van der Waals surface area contributed by atoms with Crippen LogP contribution in [0.4, 0.5) is 4.39 Å². The number of nitrogens with zero attached hydrogens (tertiary/aromatic N) is 3. The number of halogens is 1. The second-order valence-corrected chi connectivity index (χ2v) is 7.24. The molecule has 28 heavy (non-hydrogen) atoms. The maximum absolute atomic E-state index is 13.7. The van der Waals surface area contributed by atoms with Crippen molar-refractivity contribution in [3.8, 4) is 16.9 Å². The number of carbonyl (C=O) groups excluding carboxylic acids is 1. The van der Waals surface area contributed by atoms with Crippen LogP contribution in [0.15, 0.2) is 61.2 Å². The second-order valence-electron chi connectivity index (χ2n) is 7.24. The maximum atomic E-state index is 13.7. The summed E-state index contributed by atoms with van der Waals surface area (Å²) in [5.74, 6) is -0.714. The molecule has 1 fully saturated rings. The number of imidazole rings is 1. The summed E-state index contributed by atoms with van der Waals surface area (Å²) in [6.07, 6.45) is 7.55. The standard InChI is InChI=1S/C22H22FN3O2/c23-20-8-2-7-19(21(20)27)17-5-1-6-18(12-17)22(28)26-10-3-4-16(14-26)13-25-11-9-24-15-25/h1-2,5-9,11-12,15-16,27H,3-4,10,13-14H2/t16-/m1/s1. The third-order valence-corrected chi connectivity index (χ3v) is 5.24. The molecule has 2 aromatic carbocycles. The fourth-order valence-electron chi connectivity index (χ4n) is 3.84. The van der Waals surface area contributed by atoms with Gasteiger partial charge in [-0.05, 0) is 42.5 Å². The molecule has 1 aliphatic rings. The zero-order chi connectivity index (χ0) is 19.5. The van der Waals surface area contributed by atoms with Crippen LogP contribution in [0.3, 0.4) is 0 Å². The molecule has 0 saturated carbocycles. The molecule has 144 valence electrons. The fraction of sp³-hybridized carbons (Fsp3) is 0.273. The fourth-order valence-corrected chi connectivity index (χ4v) is 3.84. The van der Waals surface area contributed by atoms with Crippen LogP contribution in [-0.4, -0.2) is 38.6 Å². The summed E-state index contributed by atoms with van der Waals surface area (Å²) in [6, 6.07) is 11.4. The Morgan fingerprint density at radius 1 is 1.25 bits per heavy atom. The van der Waals surface area contributed by atoms with Gasteiger partial charge in [-0.2, -0.15) is 0 Å². The smallest absolute Gasteiger partial charge is 0.253 e. The Morgan fingerprint density at radius 2 is 2.11 bits per heavy atom. The summed E-state index contributed by atoms with van der Waals surface area (Å²) >= 11 is 0. The van der Waals surface area contributed by atoms with Crippen molar-refractivity contribution in [1.82, 2.24) is 14.5 Å². The molecule has 0 spiro atoms. The van der Waals surface area contributed by atoms with Crippen molar-refractivity contribution in [3.63, 3.8) is 0 Å². The Bertz CT molecular complexity index is 972. The van der Waals surface area contributed by atoms with Crippen molar-refractivity contribution in [1.29, 1.82) is 0 Å². The van der Waals surface area contributed by atoms with E-state index in [1.54, 1.807) is 48.9 Å². The number of para-hydroxylation sites is 1. The lowest BCUT2D eigenvalue weighted by molar-refractivity contribution is 0.0662. The van der Waals surface area contributed by atoms with E-state index < -0.39 is 11.6 Å². The Hall–Kier alpha value is -3.15. The average molecular weight is 379 g/mol. The topological polar surface area (TPSA) is 58.4 Å². The van der Waals surface area contributed by atoms with Gasteiger partial charge in [0.25, 0.3) is 5.91 Å². The van der Waals surface area contributed by atoms with Gasteiger partial charge in [0.15, 0.2) is 11.6 Å². The highest BCUT2D eigenvalue weighted by Gasteiger charge is 2.25. The quantitative estimate of drug-likeness (QED) is 0.747. The summed E-state index contributed by atoms with van der Waals surface area (Å²) in [5.41, 5.74) is 1.55. The number of amides is 1. The van der Waals surface area contributed by atoms with E-state index in [4.69, 9.17) is 0 Å². The van der Waals surface area contributed by atoms with E-state index in [1.807, 2.05) is 15.7 Å². The van der Waals surface area contributed by atoms with Crippen LogP contribution >= 0.6 is 0 Å². The number of aromatic hydroxyl groups is 1. The first kappa shape index (κ1) is 18.2. The van der Waals surface area contributed by atoms with E-state index in [0.717, 1.165) is 25.9 Å². The molecule has 2 heterocycles. The largest absolute Gasteiger partial charge is 0.504 e. The van der Waals surface area contributed by atoms with E-state index >= 15 is 0 Å². The Kier molecular flexibility index (Phi) is 5.10. The molecule has 1 N–H and O–H groups in total. The number of piperidine rings is 1. The lowest BCUT2D eigenvalue weighted by atomic mass is 9.96. The van der Waals surface area contributed by atoms with Crippen LogP contribution in [0.5, 0.6) is 5.75 Å². The minimum Gasteiger partial charge on any atom is -0.504 e. The molecule has 0 radical (unpaired) electrons. The summed E-state index contributed by atoms with van der Waals surface area (Å²) in [4.78, 5) is 19.0. The number of hydrogen-bond acceptors (Lipinski definition) is 3. The van der Waals surface area contributed by atoms with Crippen LogP contribution in [-0.2, 0) is 6.54 Å². The van der Waals surface area contributed by atoms with Crippen LogP contribution < -0.4 is 0 Å². The summed E-state index contributed by atoms with van der Waals surface area (Å²) in [7, 11) is 0. The van der Waals surface area contributed by atoms with Gasteiger partial charge in [-0.3, -0.25) is 4.79 Å². The molecule has 1 atom stereocenters. The Labute approximate surface area is 163 Å². The number of rotatable bonds is 4. The number of benzene rings is 2. The number of carbonyl (C=O) groups is 1. The molecule has 5 nitrogen and oxygen atoms in total. The van der Waals surface area contributed by atoms with Gasteiger partial charge >= 0.3 is 0 Å². The monoisotopic (exact) mass is 379 g/mol. The van der Waals surface area contributed by atoms with Gasteiger partial charge in [-0.25, -0.2) is 9.37 Å².